The van der Waals surface area contributed by atoms with Gasteiger partial charge in [0.1, 0.15) is 5.60 Å². The maximum absolute atomic E-state index is 12.4. The van der Waals surface area contributed by atoms with Crippen LogP contribution in [0.25, 0.3) is 0 Å². The number of amides is 1. The van der Waals surface area contributed by atoms with Gasteiger partial charge < -0.3 is 4.74 Å². The number of carbonyl (C=O) groups excluding carboxylic acids is 1. The number of ether oxygens (including phenoxy) is 1. The summed E-state index contributed by atoms with van der Waals surface area (Å²) in [6.07, 6.45) is -0.724. The normalized spacial score (nSPS) is 25.5. The number of nitrogens with one attached hydrogen (secondary N) is 1. The summed E-state index contributed by atoms with van der Waals surface area (Å²) in [5.41, 5.74) is -1.48. The molecule has 0 spiro atoms. The van der Waals surface area contributed by atoms with Crippen LogP contribution in [-0.4, -0.2) is 59.7 Å². The number of thioether (sulfide) groups is 1. The lowest BCUT2D eigenvalue weighted by molar-refractivity contribution is 0.0559. The Bertz CT molecular complexity index is 583. The number of hydrogen-bond donors (Lipinski definition) is 1. The van der Waals surface area contributed by atoms with E-state index < -0.39 is 27.3 Å². The number of hydrogen-bond acceptors (Lipinski definition) is 6. The lowest BCUT2D eigenvalue weighted by atomic mass is 10.0. The predicted molar refractivity (Wildman–Crippen MR) is 94.4 cm³/mol. The molecule has 9 heteroatoms. The number of rotatable bonds is 3. The molecule has 0 bridgehead atoms. The highest BCUT2D eigenvalue weighted by atomic mass is 32.2. The van der Waals surface area contributed by atoms with Gasteiger partial charge in [-0.05, 0) is 33.4 Å². The van der Waals surface area contributed by atoms with Gasteiger partial charge in [-0.2, -0.15) is 11.8 Å². The van der Waals surface area contributed by atoms with Crippen molar-refractivity contribution in [3.05, 3.63) is 0 Å². The Morgan fingerprint density at radius 3 is 2.57 bits per heavy atom. The molecule has 0 aromatic heterocycles. The molecule has 0 aromatic rings. The second-order valence-electron chi connectivity index (χ2n) is 6.74. The van der Waals surface area contributed by atoms with E-state index in [1.807, 2.05) is 13.8 Å². The highest BCUT2D eigenvalue weighted by Gasteiger charge is 2.43. The minimum Gasteiger partial charge on any atom is -0.444 e. The predicted octanol–water partition coefficient (Wildman–Crippen LogP) is 2.04. The van der Waals surface area contributed by atoms with Crippen LogP contribution in [-0.2, 0) is 14.8 Å². The van der Waals surface area contributed by atoms with Crippen LogP contribution in [0.3, 0.4) is 0 Å². The van der Waals surface area contributed by atoms with Crippen LogP contribution in [0.5, 0.6) is 0 Å². The van der Waals surface area contributed by atoms with Crippen LogP contribution < -0.4 is 5.32 Å². The van der Waals surface area contributed by atoms with Gasteiger partial charge in [-0.1, -0.05) is 13.8 Å². The molecular formula is C14H27N3O4S2. The summed E-state index contributed by atoms with van der Waals surface area (Å²) in [6, 6.07) is 0. The summed E-state index contributed by atoms with van der Waals surface area (Å²) in [4.78, 5) is 16.5. The highest BCUT2D eigenvalue weighted by Crippen LogP contribution is 2.32. The van der Waals surface area contributed by atoms with Gasteiger partial charge in [0, 0.05) is 12.3 Å². The third kappa shape index (κ3) is 5.27. The number of carbonyl (C=O) groups is 1. The first-order chi connectivity index (χ1) is 10.3. The number of sulfonamides is 1. The molecule has 2 atom stereocenters. The fraction of sp³-hybridized carbons (Fsp3) is 0.857. The quantitative estimate of drug-likeness (QED) is 0.827. The topological polar surface area (TPSA) is 88.1 Å². The first-order valence-corrected chi connectivity index (χ1v) is 10.1. The Morgan fingerprint density at radius 1 is 1.52 bits per heavy atom. The zero-order valence-electron chi connectivity index (χ0n) is 14.8. The van der Waals surface area contributed by atoms with Crippen LogP contribution in [0, 0.1) is 0 Å². The van der Waals surface area contributed by atoms with Crippen LogP contribution in [0.2, 0.25) is 0 Å². The molecule has 0 saturated carbocycles. The van der Waals surface area contributed by atoms with Crippen molar-refractivity contribution in [2.75, 3.05) is 18.6 Å². The second kappa shape index (κ2) is 6.88. The smallest absolute Gasteiger partial charge is 0.414 e. The average Bonchev–Trinajstić information content (AvgIpc) is 2.32. The Hall–Kier alpha value is -0.960. The minimum absolute atomic E-state index is 0.00319. The maximum atomic E-state index is 12.4. The summed E-state index contributed by atoms with van der Waals surface area (Å²) in [5, 5.41) is 2.45. The van der Waals surface area contributed by atoms with Gasteiger partial charge in [-0.3, -0.25) is 5.32 Å². The van der Waals surface area contributed by atoms with E-state index in [0.29, 0.717) is 0 Å². The maximum Gasteiger partial charge on any atom is 0.414 e. The van der Waals surface area contributed by atoms with E-state index in [4.69, 9.17) is 4.74 Å². The molecule has 0 fully saturated rings. The number of aliphatic imine (C=N–C) groups is 1. The van der Waals surface area contributed by atoms with Crippen molar-refractivity contribution in [1.29, 1.82) is 0 Å². The fourth-order valence-electron chi connectivity index (χ4n) is 2.08. The van der Waals surface area contributed by atoms with Gasteiger partial charge in [0.25, 0.3) is 0 Å². The van der Waals surface area contributed by atoms with Crippen LogP contribution in [0.1, 0.15) is 41.5 Å². The molecule has 0 aliphatic carbocycles. The van der Waals surface area contributed by atoms with Gasteiger partial charge in [0.15, 0.2) is 0 Å². The molecule has 0 saturated heterocycles. The van der Waals surface area contributed by atoms with E-state index in [0.717, 1.165) is 10.1 Å². The van der Waals surface area contributed by atoms with E-state index in [1.54, 1.807) is 39.5 Å². The van der Waals surface area contributed by atoms with E-state index in [2.05, 4.69) is 10.3 Å². The monoisotopic (exact) mass is 365 g/mol. The van der Waals surface area contributed by atoms with Crippen LogP contribution >= 0.6 is 11.8 Å². The summed E-state index contributed by atoms with van der Waals surface area (Å²) in [7, 11) is -2.17. The molecule has 1 heterocycles. The van der Waals surface area contributed by atoms with Gasteiger partial charge in [-0.25, -0.2) is 22.5 Å². The Morgan fingerprint density at radius 2 is 2.09 bits per heavy atom. The second-order valence-corrected chi connectivity index (χ2v) is 10.4. The molecule has 0 aromatic carbocycles. The van der Waals surface area contributed by atoms with E-state index in [-0.39, 0.29) is 17.0 Å². The van der Waals surface area contributed by atoms with Crippen molar-refractivity contribution in [1.82, 2.24) is 9.62 Å². The molecule has 1 aliphatic rings. The largest absolute Gasteiger partial charge is 0.444 e. The Kier molecular flexibility index (Phi) is 6.01. The fourth-order valence-corrected chi connectivity index (χ4v) is 4.78. The van der Waals surface area contributed by atoms with Gasteiger partial charge in [0.05, 0.1) is 11.3 Å². The van der Waals surface area contributed by atoms with E-state index >= 15 is 0 Å². The first-order valence-electron chi connectivity index (χ1n) is 7.49. The molecule has 0 radical (unpaired) electrons. The van der Waals surface area contributed by atoms with E-state index in [1.165, 1.54) is 7.05 Å². The molecule has 1 amide bonds. The third-order valence-corrected chi connectivity index (χ3v) is 6.75. The van der Waals surface area contributed by atoms with Crippen LogP contribution in [0.4, 0.5) is 4.79 Å². The van der Waals surface area contributed by atoms with E-state index in [9.17, 15) is 13.2 Å². The SMILES string of the molecule is CCSC(C)[C@]1(C)CS(=O)(=O)N(C)C(NC(=O)OC(C)(C)C)=N1. The molecule has 1 unspecified atom stereocenters. The summed E-state index contributed by atoms with van der Waals surface area (Å²) >= 11 is 1.64. The third-order valence-electron chi connectivity index (χ3n) is 3.46. The molecule has 134 valence electrons. The number of alkyl carbamates (subject to hydrolysis) is 1. The van der Waals surface area contributed by atoms with Gasteiger partial charge >= 0.3 is 6.09 Å². The first kappa shape index (κ1) is 20.1. The van der Waals surface area contributed by atoms with Crippen molar-refractivity contribution >= 4 is 33.8 Å². The minimum atomic E-state index is -3.55. The lowest BCUT2D eigenvalue weighted by Gasteiger charge is -2.38. The zero-order valence-corrected chi connectivity index (χ0v) is 16.5. The van der Waals surface area contributed by atoms with Crippen molar-refractivity contribution in [3.8, 4) is 0 Å². The molecule has 7 nitrogen and oxygen atoms in total. The van der Waals surface area contributed by atoms with Gasteiger partial charge in [-0.15, -0.1) is 0 Å². The summed E-state index contributed by atoms with van der Waals surface area (Å²) in [5.74, 6) is 0.762. The molecule has 1 rings (SSSR count). The van der Waals surface area contributed by atoms with Crippen LogP contribution in [0.15, 0.2) is 4.99 Å². The Balaban J connectivity index is 3.11. The van der Waals surface area contributed by atoms with Crippen molar-refractivity contribution in [2.24, 2.45) is 4.99 Å². The highest BCUT2D eigenvalue weighted by molar-refractivity contribution is 8.00. The lowest BCUT2D eigenvalue weighted by Crippen LogP contribution is -2.57. The summed E-state index contributed by atoms with van der Waals surface area (Å²) in [6.45, 7) is 11.0. The number of nitrogens with zero attached hydrogens (tertiary/aromatic N) is 2. The van der Waals surface area contributed by atoms with Gasteiger partial charge in [0.2, 0.25) is 16.0 Å². The van der Waals surface area contributed by atoms with Crippen molar-refractivity contribution in [2.45, 2.75) is 57.9 Å². The van der Waals surface area contributed by atoms with Crippen molar-refractivity contribution in [3.63, 3.8) is 0 Å². The Labute approximate surface area is 143 Å². The number of guanidine groups is 1. The molecule has 1 N–H and O–H groups in total. The summed E-state index contributed by atoms with van der Waals surface area (Å²) < 4.78 is 31.0. The molecular weight excluding hydrogens is 338 g/mol. The zero-order chi connectivity index (χ0) is 18.1. The molecule has 1 aliphatic heterocycles. The van der Waals surface area contributed by atoms with Crippen molar-refractivity contribution < 1.29 is 17.9 Å². The standard InChI is InChI=1S/C14H27N3O4S2/c1-8-22-10(2)14(6)9-23(19,20)17(7)11(16-14)15-12(18)21-13(3,4)5/h10H,8-9H2,1-7H3,(H,15,16,18)/t10?,14-/m0/s1. The average molecular weight is 366 g/mol. The molecule has 23 heavy (non-hydrogen) atoms.